The monoisotopic (exact) mass is 694 g/mol. The van der Waals surface area contributed by atoms with Crippen LogP contribution in [0, 0.1) is 0 Å². The average molecular weight is 694 g/mol. The van der Waals surface area contributed by atoms with Crippen LogP contribution in [0.2, 0.25) is 0 Å². The smallest absolute Gasteiger partial charge is 0.418 e. The highest BCUT2D eigenvalue weighted by Crippen LogP contribution is 2.17. The van der Waals surface area contributed by atoms with E-state index in [2.05, 4.69) is 12.7 Å². The van der Waals surface area contributed by atoms with Crippen LogP contribution in [0.1, 0.15) is 264 Å². The van der Waals surface area contributed by atoms with Gasteiger partial charge in [-0.3, -0.25) is 0 Å². The van der Waals surface area contributed by atoms with Gasteiger partial charge in [0.1, 0.15) is 0 Å². The molecule has 0 aliphatic heterocycles. The fourth-order valence-corrected chi connectivity index (χ4v) is 6.97. The van der Waals surface area contributed by atoms with Gasteiger partial charge in [-0.05, 0) is 12.8 Å². The third-order valence-corrected chi connectivity index (χ3v) is 10.1. The molecule has 0 saturated heterocycles. The molecule has 1 nitrogen and oxygen atoms in total. The Morgan fingerprint density at radius 2 is 0.354 bits per heavy atom. The molecule has 0 heterocycles. The topological polar surface area (TPSA) is 27.6 Å². The van der Waals surface area contributed by atoms with Crippen LogP contribution in [0.4, 0.5) is 17.3 Å². The van der Waals surface area contributed by atoms with Gasteiger partial charge in [0.25, 0.3) is 0 Å². The second-order valence-corrected chi connectivity index (χ2v) is 15.1. The normalized spacial score (nSPS) is 11.6. The molecule has 0 saturated carbocycles. The van der Waals surface area contributed by atoms with E-state index >= 15 is 0 Å². The van der Waals surface area contributed by atoms with Crippen LogP contribution in [-0.2, 0) is 0 Å². The van der Waals surface area contributed by atoms with Crippen LogP contribution in [0.25, 0.3) is 0 Å². The summed E-state index contributed by atoms with van der Waals surface area (Å²) < 4.78 is 39.0. The molecule has 0 radical (unpaired) electrons. The minimum Gasteiger partial charge on any atom is -0.418 e. The van der Waals surface area contributed by atoms with E-state index < -0.39 is 7.25 Å². The molecule has 0 amide bonds. The van der Waals surface area contributed by atoms with Crippen molar-refractivity contribution in [2.24, 2.45) is 0 Å². The third-order valence-electron chi connectivity index (χ3n) is 10.1. The molecule has 0 aliphatic carbocycles. The Morgan fingerprint density at radius 1 is 0.250 bits per heavy atom. The lowest BCUT2D eigenvalue weighted by Crippen LogP contribution is -2.50. The van der Waals surface area contributed by atoms with Crippen molar-refractivity contribution >= 4 is 7.25 Å². The highest BCUT2D eigenvalue weighted by Gasteiger charge is 2.20. The number of unbranched alkanes of at least 4 members (excludes halogenated alkanes) is 39. The maximum atomic E-state index is 9.75. The lowest BCUT2D eigenvalue weighted by Gasteiger charge is -2.05. The fraction of sp³-hybridized carbons (Fsp3) is 1.00. The van der Waals surface area contributed by atoms with E-state index in [1.807, 2.05) is 0 Å². The molecule has 0 aromatic rings. The van der Waals surface area contributed by atoms with E-state index in [9.17, 15) is 17.3 Å². The number of halogens is 4. The van der Waals surface area contributed by atoms with Crippen molar-refractivity contribution in [1.82, 2.24) is 0 Å². The predicted octanol–water partition coefficient (Wildman–Crippen LogP) is 16.2. The summed E-state index contributed by atoms with van der Waals surface area (Å²) in [5, 5.41) is 0. The first-order valence-corrected chi connectivity index (χ1v) is 22.1. The largest absolute Gasteiger partial charge is 0.673 e. The Morgan fingerprint density at radius 3 is 0.458 bits per heavy atom. The van der Waals surface area contributed by atoms with Gasteiger partial charge in [-0.1, -0.05) is 251 Å². The molecule has 0 bridgehead atoms. The standard InChI is InChI=1S/C42H87N.BF4/c1-2-3-4-5-6-7-8-9-10-11-12-13-14-15-16-17-18-19-20-21-22-23-24-25-26-27-28-29-30-31-32-33-34-35-36-37-38-39-40-41-42-43;2-1(3,4)5/h2-43H2,1H3;/q;-1/p+1. The first-order valence-electron chi connectivity index (χ1n) is 22.1. The first kappa shape index (κ1) is 49.9. The molecule has 292 valence electrons. The molecular weight excluding hydrogens is 605 g/mol. The average Bonchev–Trinajstić information content (AvgIpc) is 3.05. The predicted molar refractivity (Wildman–Crippen MR) is 208 cm³/mol. The minimum absolute atomic E-state index is 1.12. The van der Waals surface area contributed by atoms with Crippen molar-refractivity contribution in [1.29, 1.82) is 0 Å². The summed E-state index contributed by atoms with van der Waals surface area (Å²) in [7, 11) is -6.00. The van der Waals surface area contributed by atoms with E-state index in [-0.39, 0.29) is 0 Å². The van der Waals surface area contributed by atoms with E-state index in [1.165, 1.54) is 257 Å². The fourth-order valence-electron chi connectivity index (χ4n) is 6.97. The number of rotatable bonds is 40. The van der Waals surface area contributed by atoms with Crippen molar-refractivity contribution in [2.45, 2.75) is 264 Å². The molecule has 0 unspecified atom stereocenters. The zero-order chi connectivity index (χ0) is 35.5. The van der Waals surface area contributed by atoms with Crippen LogP contribution in [-0.4, -0.2) is 13.8 Å². The zero-order valence-corrected chi connectivity index (χ0v) is 32.8. The SMILES string of the molecule is CCCCCCCCCCCCCCCCCCCCCCCCCCCCCCCCCCCCCCCCCC[NH3+].F[B-](F)(F)F. The summed E-state index contributed by atoms with van der Waals surface area (Å²) >= 11 is 0. The van der Waals surface area contributed by atoms with Gasteiger partial charge in [0.05, 0.1) is 6.54 Å². The van der Waals surface area contributed by atoms with Gasteiger partial charge in [0.2, 0.25) is 0 Å². The Kier molecular flexibility index (Phi) is 46.5. The lowest BCUT2D eigenvalue weighted by molar-refractivity contribution is -0.368. The molecule has 0 aromatic carbocycles. The van der Waals surface area contributed by atoms with Crippen molar-refractivity contribution in [3.63, 3.8) is 0 Å². The Labute approximate surface area is 300 Å². The van der Waals surface area contributed by atoms with Gasteiger partial charge >= 0.3 is 7.25 Å². The quantitative estimate of drug-likeness (QED) is 0.0376. The van der Waals surface area contributed by atoms with Gasteiger partial charge in [-0.2, -0.15) is 0 Å². The summed E-state index contributed by atoms with van der Waals surface area (Å²) in [6.07, 6.45) is 59.1. The van der Waals surface area contributed by atoms with Crippen molar-refractivity contribution in [2.75, 3.05) is 6.54 Å². The van der Waals surface area contributed by atoms with Gasteiger partial charge in [-0.15, -0.1) is 0 Å². The highest BCUT2D eigenvalue weighted by atomic mass is 19.5. The first-order chi connectivity index (χ1) is 23.4. The molecular formula is C42H88BF4N. The second kappa shape index (κ2) is 44.8. The molecule has 0 aliphatic rings. The van der Waals surface area contributed by atoms with Crippen molar-refractivity contribution < 1.29 is 23.0 Å². The summed E-state index contributed by atoms with van der Waals surface area (Å²) in [5.74, 6) is 0. The maximum absolute atomic E-state index is 9.75. The van der Waals surface area contributed by atoms with Gasteiger partial charge in [-0.25, -0.2) is 0 Å². The highest BCUT2D eigenvalue weighted by molar-refractivity contribution is 6.50. The van der Waals surface area contributed by atoms with E-state index in [0.29, 0.717) is 0 Å². The summed E-state index contributed by atoms with van der Waals surface area (Å²) in [6, 6.07) is 0. The van der Waals surface area contributed by atoms with E-state index in [4.69, 9.17) is 0 Å². The summed E-state index contributed by atoms with van der Waals surface area (Å²) in [6.45, 7) is 3.43. The molecule has 6 heteroatoms. The number of hydrogen-bond donors (Lipinski definition) is 1. The molecule has 0 aromatic heterocycles. The molecule has 0 spiro atoms. The van der Waals surface area contributed by atoms with Crippen LogP contribution in [0.3, 0.4) is 0 Å². The van der Waals surface area contributed by atoms with Crippen molar-refractivity contribution in [3.8, 4) is 0 Å². The number of hydrogen-bond acceptors (Lipinski definition) is 0. The van der Waals surface area contributed by atoms with E-state index in [0.717, 1.165) is 6.54 Å². The van der Waals surface area contributed by atoms with Gasteiger partial charge < -0.3 is 23.0 Å². The van der Waals surface area contributed by atoms with Crippen LogP contribution in [0.15, 0.2) is 0 Å². The third kappa shape index (κ3) is 58.0. The minimum atomic E-state index is -6.00. The summed E-state index contributed by atoms with van der Waals surface area (Å²) in [5.41, 5.74) is 3.93. The molecule has 0 fully saturated rings. The Hall–Kier alpha value is -0.255. The maximum Gasteiger partial charge on any atom is 0.673 e. The van der Waals surface area contributed by atoms with Gasteiger partial charge in [0.15, 0.2) is 0 Å². The summed E-state index contributed by atoms with van der Waals surface area (Å²) in [4.78, 5) is 0. The zero-order valence-electron chi connectivity index (χ0n) is 32.8. The lowest BCUT2D eigenvalue weighted by atomic mass is 10.0. The van der Waals surface area contributed by atoms with Crippen molar-refractivity contribution in [3.05, 3.63) is 0 Å². The van der Waals surface area contributed by atoms with Crippen LogP contribution in [0.5, 0.6) is 0 Å². The second-order valence-electron chi connectivity index (χ2n) is 15.1. The molecule has 0 rings (SSSR count). The van der Waals surface area contributed by atoms with E-state index in [1.54, 1.807) is 0 Å². The van der Waals surface area contributed by atoms with Crippen LogP contribution >= 0.6 is 0 Å². The van der Waals surface area contributed by atoms with Gasteiger partial charge in [0, 0.05) is 0 Å². The van der Waals surface area contributed by atoms with Crippen LogP contribution < -0.4 is 5.73 Å². The molecule has 3 N–H and O–H groups in total. The Balaban J connectivity index is 0. The molecule has 0 atom stereocenters. The molecule has 48 heavy (non-hydrogen) atoms. The Bertz CT molecular complexity index is 500. The number of quaternary nitrogens is 1.